The van der Waals surface area contributed by atoms with Crippen molar-refractivity contribution in [1.82, 2.24) is 14.8 Å². The minimum atomic E-state index is 0.0179. The summed E-state index contributed by atoms with van der Waals surface area (Å²) in [5.74, 6) is 6.66. The van der Waals surface area contributed by atoms with Crippen LogP contribution in [0, 0.1) is 17.8 Å². The molecule has 0 N–H and O–H groups in total. The van der Waals surface area contributed by atoms with Gasteiger partial charge in [0.1, 0.15) is 5.69 Å². The predicted molar refractivity (Wildman–Crippen MR) is 86.1 cm³/mol. The summed E-state index contributed by atoms with van der Waals surface area (Å²) >= 11 is 0. The maximum atomic E-state index is 12.4. The van der Waals surface area contributed by atoms with E-state index in [1.165, 1.54) is 19.3 Å². The van der Waals surface area contributed by atoms with Crippen molar-refractivity contribution in [2.45, 2.75) is 31.7 Å². The number of aromatic nitrogens is 1. The van der Waals surface area contributed by atoms with Crippen LogP contribution >= 0.6 is 0 Å². The molecule has 4 nitrogen and oxygen atoms in total. The lowest BCUT2D eigenvalue weighted by atomic mass is 10.0. The second-order valence-electron chi connectivity index (χ2n) is 6.24. The van der Waals surface area contributed by atoms with E-state index in [1.807, 2.05) is 30.1 Å². The number of rotatable bonds is 2. The maximum absolute atomic E-state index is 12.4. The number of nitrogens with zero attached hydrogens (tertiary/aromatic N) is 3. The molecule has 1 aromatic rings. The van der Waals surface area contributed by atoms with Crippen LogP contribution in [0.2, 0.25) is 0 Å². The van der Waals surface area contributed by atoms with E-state index in [-0.39, 0.29) is 17.9 Å². The van der Waals surface area contributed by atoms with Crippen LogP contribution in [0.15, 0.2) is 24.4 Å². The zero-order valence-corrected chi connectivity index (χ0v) is 13.2. The van der Waals surface area contributed by atoms with Crippen LogP contribution in [-0.2, 0) is 4.79 Å². The molecule has 2 unspecified atom stereocenters. The largest absolute Gasteiger partial charge is 0.332 e. The zero-order valence-electron chi connectivity index (χ0n) is 13.2. The quantitative estimate of drug-likeness (QED) is 0.781. The average Bonchev–Trinajstić information content (AvgIpc) is 2.83. The molecule has 2 fully saturated rings. The fraction of sp³-hybridized carbons (Fsp3) is 0.556. The lowest BCUT2D eigenvalue weighted by molar-refractivity contribution is -0.130. The molecule has 0 spiro atoms. The Morgan fingerprint density at radius 1 is 1.27 bits per heavy atom. The Morgan fingerprint density at radius 3 is 2.82 bits per heavy atom. The van der Waals surface area contributed by atoms with Gasteiger partial charge in [0.2, 0.25) is 5.91 Å². The number of pyridine rings is 1. The highest BCUT2D eigenvalue weighted by molar-refractivity contribution is 5.82. The van der Waals surface area contributed by atoms with Gasteiger partial charge in [0.25, 0.3) is 0 Å². The zero-order chi connectivity index (χ0) is 15.4. The highest BCUT2D eigenvalue weighted by atomic mass is 16.2. The molecule has 2 saturated heterocycles. The smallest absolute Gasteiger partial charge is 0.227 e. The Hall–Kier alpha value is -1.86. The number of carbonyl (C=O) groups excluding carboxylic acids is 1. The fourth-order valence-corrected chi connectivity index (χ4v) is 3.33. The minimum Gasteiger partial charge on any atom is -0.332 e. The first kappa shape index (κ1) is 15.1. The second kappa shape index (κ2) is 6.93. The van der Waals surface area contributed by atoms with E-state index in [0.717, 1.165) is 31.7 Å². The van der Waals surface area contributed by atoms with E-state index >= 15 is 0 Å². The number of piperidine rings is 1. The number of hydrogen-bond acceptors (Lipinski definition) is 3. The third kappa shape index (κ3) is 3.48. The monoisotopic (exact) mass is 297 g/mol. The number of hydrogen-bond donors (Lipinski definition) is 0. The molecule has 0 saturated carbocycles. The van der Waals surface area contributed by atoms with Gasteiger partial charge in [-0.15, -0.1) is 0 Å². The van der Waals surface area contributed by atoms with Crippen molar-refractivity contribution in [2.75, 3.05) is 26.7 Å². The van der Waals surface area contributed by atoms with Crippen molar-refractivity contribution in [3.63, 3.8) is 0 Å². The van der Waals surface area contributed by atoms with Crippen LogP contribution in [-0.4, -0.2) is 53.4 Å². The van der Waals surface area contributed by atoms with Gasteiger partial charge in [-0.25, -0.2) is 4.98 Å². The lowest BCUT2D eigenvalue weighted by Crippen LogP contribution is -2.37. The van der Waals surface area contributed by atoms with Crippen LogP contribution in [0.5, 0.6) is 0 Å². The molecule has 1 amide bonds. The molecule has 2 atom stereocenters. The van der Waals surface area contributed by atoms with Crippen molar-refractivity contribution in [3.8, 4) is 11.8 Å². The Kier molecular flexibility index (Phi) is 4.74. The molecule has 1 aromatic heterocycles. The molecular formula is C18H23N3O. The van der Waals surface area contributed by atoms with Gasteiger partial charge in [0, 0.05) is 19.8 Å². The molecule has 2 aliphatic rings. The van der Waals surface area contributed by atoms with E-state index in [4.69, 9.17) is 0 Å². The molecule has 22 heavy (non-hydrogen) atoms. The van der Waals surface area contributed by atoms with Crippen LogP contribution in [0.25, 0.3) is 0 Å². The summed E-state index contributed by atoms with van der Waals surface area (Å²) in [7, 11) is 1.87. The summed E-state index contributed by atoms with van der Waals surface area (Å²) in [5, 5.41) is 0. The summed E-state index contributed by atoms with van der Waals surface area (Å²) in [6, 6.07) is 5.73. The average molecular weight is 297 g/mol. The third-order valence-corrected chi connectivity index (χ3v) is 4.63. The number of amides is 1. The summed E-state index contributed by atoms with van der Waals surface area (Å²) in [6.07, 6.45) is 6.44. The van der Waals surface area contributed by atoms with Gasteiger partial charge in [-0.2, -0.15) is 0 Å². The van der Waals surface area contributed by atoms with Gasteiger partial charge >= 0.3 is 0 Å². The summed E-state index contributed by atoms with van der Waals surface area (Å²) in [6.45, 7) is 3.17. The van der Waals surface area contributed by atoms with Crippen LogP contribution < -0.4 is 0 Å². The topological polar surface area (TPSA) is 36.4 Å². The molecular weight excluding hydrogens is 274 g/mol. The standard InChI is InChI=1S/C18H23N3O/c1-20-17(9-8-16-7-3-4-10-19-16)13-15(18(20)22)14-21-11-5-2-6-12-21/h3-4,7,10,15,17H,2,5-6,11-14H2,1H3. The first-order valence-corrected chi connectivity index (χ1v) is 8.15. The highest BCUT2D eigenvalue weighted by Crippen LogP contribution is 2.25. The second-order valence-corrected chi connectivity index (χ2v) is 6.24. The van der Waals surface area contributed by atoms with Crippen molar-refractivity contribution in [3.05, 3.63) is 30.1 Å². The molecule has 0 aromatic carbocycles. The Balaban J connectivity index is 1.62. The Bertz CT molecular complexity index is 569. The number of carbonyl (C=O) groups is 1. The first-order valence-electron chi connectivity index (χ1n) is 8.15. The van der Waals surface area contributed by atoms with E-state index in [0.29, 0.717) is 0 Å². The highest BCUT2D eigenvalue weighted by Gasteiger charge is 2.37. The number of likely N-dealkylation sites (tertiary alicyclic amines) is 2. The van der Waals surface area contributed by atoms with Crippen molar-refractivity contribution in [1.29, 1.82) is 0 Å². The molecule has 0 bridgehead atoms. The van der Waals surface area contributed by atoms with Crippen molar-refractivity contribution in [2.24, 2.45) is 5.92 Å². The molecule has 0 aliphatic carbocycles. The first-order chi connectivity index (χ1) is 10.7. The van der Waals surface area contributed by atoms with Gasteiger partial charge in [-0.3, -0.25) is 4.79 Å². The predicted octanol–water partition coefficient (Wildman–Crippen LogP) is 1.77. The SMILES string of the molecule is CN1C(=O)C(CN2CCCCC2)CC1C#Cc1ccccn1. The van der Waals surface area contributed by atoms with Gasteiger partial charge in [0.05, 0.1) is 12.0 Å². The Labute approximate surface area is 132 Å². The summed E-state index contributed by atoms with van der Waals surface area (Å²) in [5.41, 5.74) is 0.767. The minimum absolute atomic E-state index is 0.0179. The van der Waals surface area contributed by atoms with Crippen molar-refractivity contribution >= 4 is 5.91 Å². The molecule has 2 aliphatic heterocycles. The van der Waals surface area contributed by atoms with Gasteiger partial charge in [-0.1, -0.05) is 18.4 Å². The normalized spacial score (nSPS) is 25.9. The van der Waals surface area contributed by atoms with E-state index in [1.54, 1.807) is 6.20 Å². The van der Waals surface area contributed by atoms with Gasteiger partial charge in [-0.05, 0) is 50.4 Å². The van der Waals surface area contributed by atoms with Crippen molar-refractivity contribution < 1.29 is 4.79 Å². The van der Waals surface area contributed by atoms with E-state index in [2.05, 4.69) is 21.7 Å². The fourth-order valence-electron chi connectivity index (χ4n) is 3.33. The molecule has 0 radical (unpaired) electrons. The molecule has 4 heteroatoms. The van der Waals surface area contributed by atoms with Gasteiger partial charge < -0.3 is 9.80 Å². The van der Waals surface area contributed by atoms with Crippen LogP contribution in [0.3, 0.4) is 0 Å². The summed E-state index contributed by atoms with van der Waals surface area (Å²) in [4.78, 5) is 20.9. The Morgan fingerprint density at radius 2 is 2.09 bits per heavy atom. The maximum Gasteiger partial charge on any atom is 0.227 e. The van der Waals surface area contributed by atoms with Gasteiger partial charge in [0.15, 0.2) is 0 Å². The van der Waals surface area contributed by atoms with Crippen LogP contribution in [0.1, 0.15) is 31.4 Å². The molecule has 116 valence electrons. The third-order valence-electron chi connectivity index (χ3n) is 4.63. The molecule has 3 rings (SSSR count). The van der Waals surface area contributed by atoms with E-state index < -0.39 is 0 Å². The van der Waals surface area contributed by atoms with E-state index in [9.17, 15) is 4.79 Å². The lowest BCUT2D eigenvalue weighted by Gasteiger charge is -2.28. The molecule has 3 heterocycles. The van der Waals surface area contributed by atoms with Crippen LogP contribution in [0.4, 0.5) is 0 Å². The summed E-state index contributed by atoms with van der Waals surface area (Å²) < 4.78 is 0.